The molecule has 0 saturated heterocycles. The smallest absolute Gasteiger partial charge is 0.339 e. The second-order valence-electron chi connectivity index (χ2n) is 3.92. The number of carboxylic acids is 1. The third-order valence-corrected chi connectivity index (χ3v) is 2.81. The van der Waals surface area contributed by atoms with Gasteiger partial charge in [-0.1, -0.05) is 23.7 Å². The van der Waals surface area contributed by atoms with Crippen molar-refractivity contribution in [2.75, 3.05) is 0 Å². The Balaban J connectivity index is 1.96. The van der Waals surface area contributed by atoms with Gasteiger partial charge in [-0.05, 0) is 17.7 Å². The van der Waals surface area contributed by atoms with Gasteiger partial charge in [0.1, 0.15) is 11.9 Å². The summed E-state index contributed by atoms with van der Waals surface area (Å²) >= 11 is 5.79. The Bertz CT molecular complexity index is 572. The third kappa shape index (κ3) is 3.74. The molecule has 0 amide bonds. The van der Waals surface area contributed by atoms with E-state index in [0.29, 0.717) is 23.8 Å². The summed E-state index contributed by atoms with van der Waals surface area (Å²) in [6.45, 7) is 0.979. The van der Waals surface area contributed by atoms with Crippen molar-refractivity contribution in [3.8, 4) is 0 Å². The van der Waals surface area contributed by atoms with Gasteiger partial charge >= 0.3 is 5.97 Å². The fraction of sp³-hybridized carbons (Fsp3) is 0.154. The van der Waals surface area contributed by atoms with Crippen molar-refractivity contribution < 1.29 is 9.90 Å². The number of carbonyl (C=O) groups is 1. The first kappa shape index (κ1) is 13.5. The molecule has 5 nitrogen and oxygen atoms in total. The molecule has 2 aromatic rings. The van der Waals surface area contributed by atoms with Gasteiger partial charge in [-0.15, -0.1) is 0 Å². The number of benzene rings is 1. The second kappa shape index (κ2) is 6.26. The molecule has 0 aliphatic carbocycles. The van der Waals surface area contributed by atoms with Crippen LogP contribution in [-0.2, 0) is 13.1 Å². The highest BCUT2D eigenvalue weighted by molar-refractivity contribution is 6.30. The summed E-state index contributed by atoms with van der Waals surface area (Å²) in [5.41, 5.74) is 1.65. The van der Waals surface area contributed by atoms with Crippen LogP contribution in [-0.4, -0.2) is 21.0 Å². The summed E-state index contributed by atoms with van der Waals surface area (Å²) in [6, 6.07) is 7.44. The zero-order valence-electron chi connectivity index (χ0n) is 10.0. The molecule has 0 spiro atoms. The summed E-state index contributed by atoms with van der Waals surface area (Å²) in [5, 5.41) is 12.8. The summed E-state index contributed by atoms with van der Waals surface area (Å²) in [7, 11) is 0. The molecule has 2 N–H and O–H groups in total. The van der Waals surface area contributed by atoms with Gasteiger partial charge in [-0.3, -0.25) is 0 Å². The average Bonchev–Trinajstić information content (AvgIpc) is 2.41. The maximum absolute atomic E-state index is 11.0. The predicted molar refractivity (Wildman–Crippen MR) is 71.0 cm³/mol. The standard InChI is InChI=1S/C13H12ClN3O2/c14-10-3-1-9(2-4-10)5-15-7-12-11(13(18)19)6-16-8-17-12/h1-4,6,8,15H,5,7H2,(H,18,19). The van der Waals surface area contributed by atoms with Crippen LogP contribution in [0.3, 0.4) is 0 Å². The van der Waals surface area contributed by atoms with E-state index in [9.17, 15) is 4.79 Å². The minimum atomic E-state index is -1.02. The zero-order valence-corrected chi connectivity index (χ0v) is 10.8. The summed E-state index contributed by atoms with van der Waals surface area (Å²) in [6.07, 6.45) is 2.64. The van der Waals surface area contributed by atoms with Gasteiger partial charge in [-0.2, -0.15) is 0 Å². The van der Waals surface area contributed by atoms with Crippen LogP contribution in [0.4, 0.5) is 0 Å². The molecule has 6 heteroatoms. The largest absolute Gasteiger partial charge is 0.478 e. The monoisotopic (exact) mass is 277 g/mol. The van der Waals surface area contributed by atoms with Crippen molar-refractivity contribution in [1.82, 2.24) is 15.3 Å². The Morgan fingerprint density at radius 2 is 2.00 bits per heavy atom. The molecule has 1 aromatic heterocycles. The Morgan fingerprint density at radius 1 is 1.26 bits per heavy atom. The van der Waals surface area contributed by atoms with Crippen LogP contribution >= 0.6 is 11.6 Å². The normalized spacial score (nSPS) is 10.4. The summed E-state index contributed by atoms with van der Waals surface area (Å²) < 4.78 is 0. The topological polar surface area (TPSA) is 75.1 Å². The average molecular weight is 278 g/mol. The minimum Gasteiger partial charge on any atom is -0.478 e. The molecule has 0 saturated carbocycles. The number of carboxylic acid groups (broad SMARTS) is 1. The molecule has 0 fully saturated rings. The Labute approximate surface area is 115 Å². The van der Waals surface area contributed by atoms with Gasteiger partial charge in [0.25, 0.3) is 0 Å². The first-order valence-electron chi connectivity index (χ1n) is 5.64. The highest BCUT2D eigenvalue weighted by Crippen LogP contribution is 2.09. The zero-order chi connectivity index (χ0) is 13.7. The molecule has 0 unspecified atom stereocenters. The maximum atomic E-state index is 11.0. The maximum Gasteiger partial charge on any atom is 0.339 e. The highest BCUT2D eigenvalue weighted by atomic mass is 35.5. The van der Waals surface area contributed by atoms with E-state index in [-0.39, 0.29) is 5.56 Å². The molecular formula is C13H12ClN3O2. The molecule has 0 aliphatic rings. The quantitative estimate of drug-likeness (QED) is 0.875. The number of aromatic nitrogens is 2. The van der Waals surface area contributed by atoms with Crippen LogP contribution in [0.15, 0.2) is 36.8 Å². The van der Waals surface area contributed by atoms with Crippen molar-refractivity contribution in [1.29, 1.82) is 0 Å². The van der Waals surface area contributed by atoms with Crippen LogP contribution in [0.25, 0.3) is 0 Å². The molecule has 0 aliphatic heterocycles. The van der Waals surface area contributed by atoms with Gasteiger partial charge in [-0.25, -0.2) is 14.8 Å². The number of nitrogens with one attached hydrogen (secondary N) is 1. The van der Waals surface area contributed by atoms with Crippen molar-refractivity contribution in [3.63, 3.8) is 0 Å². The van der Waals surface area contributed by atoms with Crippen LogP contribution < -0.4 is 5.32 Å². The van der Waals surface area contributed by atoms with E-state index in [4.69, 9.17) is 16.7 Å². The van der Waals surface area contributed by atoms with E-state index in [2.05, 4.69) is 15.3 Å². The lowest BCUT2D eigenvalue weighted by atomic mass is 10.2. The van der Waals surface area contributed by atoms with Crippen molar-refractivity contribution in [2.45, 2.75) is 13.1 Å². The van der Waals surface area contributed by atoms with Crippen LogP contribution in [0, 0.1) is 0 Å². The van der Waals surface area contributed by atoms with Crippen LogP contribution in [0.5, 0.6) is 0 Å². The molecule has 1 heterocycles. The fourth-order valence-corrected chi connectivity index (χ4v) is 1.73. The minimum absolute atomic E-state index is 0.117. The number of nitrogens with zero attached hydrogens (tertiary/aromatic N) is 2. The second-order valence-corrected chi connectivity index (χ2v) is 4.35. The number of aromatic carboxylic acids is 1. The first-order valence-corrected chi connectivity index (χ1v) is 6.02. The Morgan fingerprint density at radius 3 is 2.68 bits per heavy atom. The molecule has 0 atom stereocenters. The van der Waals surface area contributed by atoms with Gasteiger partial charge in [0.2, 0.25) is 0 Å². The molecular weight excluding hydrogens is 266 g/mol. The SMILES string of the molecule is O=C(O)c1cncnc1CNCc1ccc(Cl)cc1. The molecule has 19 heavy (non-hydrogen) atoms. The lowest BCUT2D eigenvalue weighted by molar-refractivity contribution is 0.0694. The molecule has 0 radical (unpaired) electrons. The molecule has 2 rings (SSSR count). The number of halogens is 1. The molecule has 0 bridgehead atoms. The van der Waals surface area contributed by atoms with Gasteiger partial charge in [0.05, 0.1) is 5.69 Å². The first-order chi connectivity index (χ1) is 9.16. The third-order valence-electron chi connectivity index (χ3n) is 2.56. The van der Waals surface area contributed by atoms with E-state index in [1.54, 1.807) is 0 Å². The van der Waals surface area contributed by atoms with E-state index >= 15 is 0 Å². The Hall–Kier alpha value is -1.98. The van der Waals surface area contributed by atoms with Crippen LogP contribution in [0.2, 0.25) is 5.02 Å². The van der Waals surface area contributed by atoms with Crippen LogP contribution in [0.1, 0.15) is 21.6 Å². The molecule has 1 aromatic carbocycles. The summed E-state index contributed by atoms with van der Waals surface area (Å²) in [4.78, 5) is 18.6. The van der Waals surface area contributed by atoms with E-state index in [1.165, 1.54) is 12.5 Å². The Kier molecular flexibility index (Phi) is 4.43. The lowest BCUT2D eigenvalue weighted by Crippen LogP contribution is -2.17. The predicted octanol–water partition coefficient (Wildman–Crippen LogP) is 2.12. The van der Waals surface area contributed by atoms with E-state index < -0.39 is 5.97 Å². The van der Waals surface area contributed by atoms with Crippen molar-refractivity contribution >= 4 is 17.6 Å². The number of hydrogen-bond acceptors (Lipinski definition) is 4. The molecule has 98 valence electrons. The lowest BCUT2D eigenvalue weighted by Gasteiger charge is -2.06. The summed E-state index contributed by atoms with van der Waals surface area (Å²) in [5.74, 6) is -1.02. The van der Waals surface area contributed by atoms with E-state index in [1.807, 2.05) is 24.3 Å². The number of rotatable bonds is 5. The van der Waals surface area contributed by atoms with Gasteiger partial charge < -0.3 is 10.4 Å². The van der Waals surface area contributed by atoms with E-state index in [0.717, 1.165) is 5.56 Å². The van der Waals surface area contributed by atoms with Crippen molar-refractivity contribution in [2.24, 2.45) is 0 Å². The van der Waals surface area contributed by atoms with Gasteiger partial charge in [0, 0.05) is 24.3 Å². The fourth-order valence-electron chi connectivity index (χ4n) is 1.60. The highest BCUT2D eigenvalue weighted by Gasteiger charge is 2.10. The van der Waals surface area contributed by atoms with Crippen molar-refractivity contribution in [3.05, 3.63) is 58.6 Å². The van der Waals surface area contributed by atoms with Gasteiger partial charge in [0.15, 0.2) is 0 Å². The number of hydrogen-bond donors (Lipinski definition) is 2.